The molecule has 0 unspecified atom stereocenters. The summed E-state index contributed by atoms with van der Waals surface area (Å²) in [6.07, 6.45) is 8.26. The Balaban J connectivity index is 1.12. The summed E-state index contributed by atoms with van der Waals surface area (Å²) >= 11 is 0. The van der Waals surface area contributed by atoms with Crippen LogP contribution in [0.4, 0.5) is 0 Å². The van der Waals surface area contributed by atoms with E-state index in [2.05, 4.69) is 16.9 Å². The number of esters is 1. The number of hydrogen-bond acceptors (Lipinski definition) is 11. The number of nitrogens with zero attached hydrogens (tertiary/aromatic N) is 4. The number of oxazole rings is 1. The molecular weight excluding hydrogens is 847 g/mol. The Morgan fingerprint density at radius 2 is 1.77 bits per heavy atom. The van der Waals surface area contributed by atoms with E-state index in [1.165, 1.54) is 4.90 Å². The molecule has 2 aromatic heterocycles. The maximum absolute atomic E-state index is 14.9. The van der Waals surface area contributed by atoms with Crippen LogP contribution in [0.5, 0.6) is 6.01 Å². The molecule has 2 aliphatic carbocycles. The molecular formula is C50H63N5O9S. The molecule has 1 N–H and O–H groups in total. The highest BCUT2D eigenvalue weighted by Crippen LogP contribution is 2.57. The van der Waals surface area contributed by atoms with Crippen molar-refractivity contribution in [3.63, 3.8) is 0 Å². The van der Waals surface area contributed by atoms with Crippen LogP contribution in [0.15, 0.2) is 65.1 Å². The second kappa shape index (κ2) is 17.8. The molecule has 14 nitrogen and oxygen atoms in total. The van der Waals surface area contributed by atoms with Crippen LogP contribution in [0.1, 0.15) is 135 Å². The van der Waals surface area contributed by atoms with Crippen LogP contribution in [0, 0.1) is 24.2 Å². The first-order chi connectivity index (χ1) is 30.8. The fourth-order valence-electron chi connectivity index (χ4n) is 9.50. The maximum Gasteiger partial charge on any atom is 0.307 e. The molecule has 4 aliphatic rings. The fraction of sp³-hybridized carbons (Fsp3) is 0.560. The first kappa shape index (κ1) is 46.2. The molecule has 65 heavy (non-hydrogen) atoms. The zero-order valence-electron chi connectivity index (χ0n) is 38.7. The molecule has 0 spiro atoms. The summed E-state index contributed by atoms with van der Waals surface area (Å²) in [5.74, 6) is -1.84. The van der Waals surface area contributed by atoms with E-state index in [4.69, 9.17) is 23.9 Å². The van der Waals surface area contributed by atoms with Crippen LogP contribution >= 0.6 is 0 Å². The maximum atomic E-state index is 14.9. The molecule has 2 saturated carbocycles. The van der Waals surface area contributed by atoms with Crippen molar-refractivity contribution < 1.29 is 41.5 Å². The Bertz CT molecular complexity index is 2600. The molecule has 3 fully saturated rings. The number of Topliss-reactive ketones (excluding diaryl/α,β-unsaturated/α-hetero) is 1. The molecule has 4 heterocycles. The van der Waals surface area contributed by atoms with E-state index in [0.717, 1.165) is 36.0 Å². The van der Waals surface area contributed by atoms with Crippen molar-refractivity contribution in [1.29, 1.82) is 0 Å². The van der Waals surface area contributed by atoms with Gasteiger partial charge in [0.2, 0.25) is 27.7 Å². The van der Waals surface area contributed by atoms with Gasteiger partial charge < -0.3 is 18.8 Å². The number of hydrogen-bond donors (Lipinski definition) is 1. The molecule has 0 bridgehead atoms. The highest BCUT2D eigenvalue weighted by molar-refractivity contribution is 7.91. The van der Waals surface area contributed by atoms with E-state index in [1.54, 1.807) is 27.7 Å². The molecule has 8 rings (SSSR count). The van der Waals surface area contributed by atoms with Gasteiger partial charge in [0, 0.05) is 31.2 Å². The van der Waals surface area contributed by atoms with Gasteiger partial charge in [0.05, 0.1) is 45.9 Å². The molecule has 2 aromatic carbocycles. The van der Waals surface area contributed by atoms with Gasteiger partial charge in [-0.25, -0.2) is 13.4 Å². The number of amides is 2. The van der Waals surface area contributed by atoms with Crippen molar-refractivity contribution in [1.82, 2.24) is 24.2 Å². The van der Waals surface area contributed by atoms with Crippen molar-refractivity contribution in [3.05, 3.63) is 77.7 Å². The van der Waals surface area contributed by atoms with Crippen molar-refractivity contribution in [2.45, 2.75) is 154 Å². The molecule has 15 heteroatoms. The smallest absolute Gasteiger partial charge is 0.307 e. The number of nitrogens with one attached hydrogen (secondary N) is 1. The topological polar surface area (TPSA) is 180 Å². The van der Waals surface area contributed by atoms with Crippen LogP contribution in [-0.2, 0) is 40.4 Å². The molecule has 1 saturated heterocycles. The number of ketones is 1. The van der Waals surface area contributed by atoms with Gasteiger partial charge in [-0.05, 0) is 111 Å². The van der Waals surface area contributed by atoms with Gasteiger partial charge in [-0.2, -0.15) is 4.98 Å². The lowest BCUT2D eigenvalue weighted by Crippen LogP contribution is -2.47. The minimum Gasteiger partial charge on any atom is -0.460 e. The third kappa shape index (κ3) is 9.81. The number of fused-ring (bicyclic) bond motifs is 3. The predicted molar refractivity (Wildman–Crippen MR) is 245 cm³/mol. The zero-order valence-corrected chi connectivity index (χ0v) is 39.5. The normalized spacial score (nSPS) is 25.3. The fourth-order valence-corrected chi connectivity index (χ4v) is 10.8. The molecule has 5 atom stereocenters. The number of rotatable bonds is 11. The summed E-state index contributed by atoms with van der Waals surface area (Å²) in [6, 6.07) is 15.1. The molecule has 4 aromatic rings. The van der Waals surface area contributed by atoms with Gasteiger partial charge in [0.15, 0.2) is 5.78 Å². The average Bonchev–Trinajstić information content (AvgIpc) is 3.98. The largest absolute Gasteiger partial charge is 0.460 e. The van der Waals surface area contributed by atoms with E-state index in [-0.39, 0.29) is 49.5 Å². The number of carbonyl (C=O) groups is 4. The Morgan fingerprint density at radius 3 is 2.48 bits per heavy atom. The van der Waals surface area contributed by atoms with Crippen LogP contribution in [0.3, 0.4) is 0 Å². The number of carbonyl (C=O) groups excluding carboxylic acids is 4. The monoisotopic (exact) mass is 909 g/mol. The minimum absolute atomic E-state index is 0.0330. The highest BCUT2D eigenvalue weighted by atomic mass is 32.2. The van der Waals surface area contributed by atoms with Crippen LogP contribution in [0.2, 0.25) is 0 Å². The Hall–Kier alpha value is -5.31. The molecule has 2 aliphatic heterocycles. The number of sulfonamides is 1. The summed E-state index contributed by atoms with van der Waals surface area (Å²) in [7, 11) is -3.97. The molecule has 348 valence electrons. The first-order valence-electron chi connectivity index (χ1n) is 23.2. The summed E-state index contributed by atoms with van der Waals surface area (Å²) in [4.78, 5) is 68.6. The van der Waals surface area contributed by atoms with E-state index < -0.39 is 55.7 Å². The summed E-state index contributed by atoms with van der Waals surface area (Å²) in [5, 5.41) is 0. The predicted octanol–water partition coefficient (Wildman–Crippen LogP) is 8.35. The summed E-state index contributed by atoms with van der Waals surface area (Å²) in [6.45, 7) is 12.9. The zero-order chi connectivity index (χ0) is 46.5. The number of allylic oxidation sites excluding steroid dienone is 2. The van der Waals surface area contributed by atoms with Gasteiger partial charge in [-0.15, -0.1) is 0 Å². The average molecular weight is 910 g/mol. The van der Waals surface area contributed by atoms with Gasteiger partial charge >= 0.3 is 5.97 Å². The van der Waals surface area contributed by atoms with Gasteiger partial charge in [0.1, 0.15) is 23.0 Å². The summed E-state index contributed by atoms with van der Waals surface area (Å²) in [5.41, 5.74) is 2.01. The molecule has 0 radical (unpaired) electrons. The lowest BCUT2D eigenvalue weighted by molar-refractivity contribution is -0.159. The number of aryl methyl sites for hydroxylation is 1. The van der Waals surface area contributed by atoms with Crippen LogP contribution in [0.25, 0.3) is 22.5 Å². The lowest BCUT2D eigenvalue weighted by Gasteiger charge is -2.29. The summed E-state index contributed by atoms with van der Waals surface area (Å²) < 4.78 is 48.7. The quantitative estimate of drug-likeness (QED) is 0.113. The number of aromatic nitrogens is 3. The van der Waals surface area contributed by atoms with E-state index in [1.807, 2.05) is 73.9 Å². The van der Waals surface area contributed by atoms with Crippen LogP contribution < -0.4 is 9.46 Å². The number of ether oxygens (including phenoxy) is 2. The van der Waals surface area contributed by atoms with Crippen molar-refractivity contribution in [3.8, 4) is 17.5 Å². The third-order valence-corrected chi connectivity index (χ3v) is 15.8. The van der Waals surface area contributed by atoms with Crippen molar-refractivity contribution >= 4 is 44.6 Å². The third-order valence-electron chi connectivity index (χ3n) is 13.6. The minimum atomic E-state index is -3.97. The van der Waals surface area contributed by atoms with Crippen LogP contribution in [-0.4, -0.2) is 80.5 Å². The second-order valence-corrected chi connectivity index (χ2v) is 22.4. The first-order valence-corrected chi connectivity index (χ1v) is 24.7. The van der Waals surface area contributed by atoms with Crippen molar-refractivity contribution in [2.24, 2.45) is 17.3 Å². The lowest BCUT2D eigenvalue weighted by atomic mass is 9.90. The Morgan fingerprint density at radius 1 is 1.02 bits per heavy atom. The van der Waals surface area contributed by atoms with E-state index >= 15 is 0 Å². The van der Waals surface area contributed by atoms with Gasteiger partial charge in [-0.1, -0.05) is 61.4 Å². The Labute approximate surface area is 382 Å². The van der Waals surface area contributed by atoms with Gasteiger partial charge in [0.25, 0.3) is 6.01 Å². The van der Waals surface area contributed by atoms with Crippen molar-refractivity contribution in [2.75, 3.05) is 6.54 Å². The number of benzene rings is 2. The Kier molecular flexibility index (Phi) is 12.7. The van der Waals surface area contributed by atoms with Gasteiger partial charge in [-0.3, -0.25) is 28.5 Å². The SMILES string of the molecule is Cc1oc(-c2cccc3c2nc(O[C@@H]2C[C@H]4C(=O)C[C@]5(C(=O)NS(=O)(=O)C6(C)CC6)C[C@H]5/C=C\CCCCC[C@H](CC(=O)OC(C)(C)C)C(=O)N4C2)n3C(C)C)nc1Cc1ccccc1. The second-order valence-electron chi connectivity index (χ2n) is 20.2. The number of imidazole rings is 1. The highest BCUT2D eigenvalue weighted by Gasteiger charge is 2.62. The number of para-hydroxylation sites is 1. The van der Waals surface area contributed by atoms with E-state index in [0.29, 0.717) is 67.3 Å². The molecule has 2 amide bonds. The standard InChI is InChI=1S/C50H63N5O9S/c1-31(2)55-39-22-16-21-37(44-51-38(32(3)62-44)25-33-17-12-11-13-18-33)43(39)52-47(55)63-36-27-40-41(56)29-50(46(59)53-65(60,61)49(7)23-24-49)28-35(50)20-15-10-8-9-14-19-34(45(58)54(40)30-36)26-42(57)64-48(4,5)6/h11-13,15-18,20-22,31,34-36,40H,8-10,14,19,23-30H2,1-7H3,(H,53,59)/b20-15-/t34-,35-,36-,40+,50-/m1/s1. The van der Waals surface area contributed by atoms with E-state index in [9.17, 15) is 27.6 Å².